The van der Waals surface area contributed by atoms with E-state index >= 15 is 0 Å². The summed E-state index contributed by atoms with van der Waals surface area (Å²) in [4.78, 5) is 16.7. The topological polar surface area (TPSA) is 67.8 Å². The number of piperidine rings is 1. The molecule has 0 spiro atoms. The van der Waals surface area contributed by atoms with E-state index in [-0.39, 0.29) is 6.04 Å². The lowest BCUT2D eigenvalue weighted by Crippen LogP contribution is -2.53. The van der Waals surface area contributed by atoms with Crippen molar-refractivity contribution in [1.29, 1.82) is 0 Å². The Hall–Kier alpha value is -3.20. The van der Waals surface area contributed by atoms with Crippen molar-refractivity contribution in [3.63, 3.8) is 0 Å². The second kappa shape index (κ2) is 11.4. The maximum absolute atomic E-state index is 13.1. The number of anilines is 1. The van der Waals surface area contributed by atoms with Crippen molar-refractivity contribution in [3.05, 3.63) is 66.0 Å². The van der Waals surface area contributed by atoms with Crippen LogP contribution >= 0.6 is 0 Å². The molecule has 2 saturated heterocycles. The normalized spacial score (nSPS) is 20.4. The predicted molar refractivity (Wildman–Crippen MR) is 179 cm³/mol. The summed E-state index contributed by atoms with van der Waals surface area (Å²) in [5.41, 5.74) is 9.42. The number of aryl methyl sites for hydroxylation is 2. The summed E-state index contributed by atoms with van der Waals surface area (Å²) in [6.45, 7) is 11.4. The molecule has 4 heterocycles. The van der Waals surface area contributed by atoms with Crippen LogP contribution in [0.3, 0.4) is 0 Å². The van der Waals surface area contributed by atoms with Gasteiger partial charge in [-0.15, -0.1) is 0 Å². The number of pyridine rings is 1. The van der Waals surface area contributed by atoms with Crippen LogP contribution in [0.5, 0.6) is 0 Å². The molecule has 1 saturated carbocycles. The molecule has 1 aliphatic carbocycles. The average Bonchev–Trinajstić information content (AvgIpc) is 3.71. The summed E-state index contributed by atoms with van der Waals surface area (Å²) in [5.74, 6) is 0. The van der Waals surface area contributed by atoms with Gasteiger partial charge in [0.05, 0.1) is 15.8 Å². The molecule has 1 atom stereocenters. The number of piperazine rings is 1. The van der Waals surface area contributed by atoms with E-state index in [2.05, 4.69) is 75.3 Å². The van der Waals surface area contributed by atoms with E-state index in [1.807, 2.05) is 24.5 Å². The van der Waals surface area contributed by atoms with Crippen LogP contribution in [0, 0.1) is 13.8 Å². The monoisotopic (exact) mass is 596 g/mol. The molecule has 1 unspecified atom stereocenters. The third-order valence-corrected chi connectivity index (χ3v) is 11.5. The summed E-state index contributed by atoms with van der Waals surface area (Å²) in [7, 11) is -0.108. The van der Waals surface area contributed by atoms with E-state index in [1.54, 1.807) is 6.26 Å². The van der Waals surface area contributed by atoms with Crippen LogP contribution in [0.1, 0.15) is 36.8 Å². The van der Waals surface area contributed by atoms with Gasteiger partial charge < -0.3 is 14.8 Å². The van der Waals surface area contributed by atoms with Crippen molar-refractivity contribution in [1.82, 2.24) is 19.8 Å². The number of H-pyrrole nitrogens is 1. The lowest BCUT2D eigenvalue weighted by atomic mass is 9.97. The fourth-order valence-electron chi connectivity index (χ4n) is 7.10. The number of fused-ring (bicyclic) bond motifs is 1. The van der Waals surface area contributed by atoms with Gasteiger partial charge >= 0.3 is 0 Å². The molecule has 2 aromatic heterocycles. The fourth-order valence-corrected chi connectivity index (χ4v) is 8.65. The Balaban J connectivity index is 1.11. The number of nitrogens with zero attached hydrogens (tertiary/aromatic N) is 5. The van der Waals surface area contributed by atoms with Crippen molar-refractivity contribution in [2.75, 3.05) is 57.5 Å². The maximum atomic E-state index is 13.1. The molecular weight excluding hydrogens is 552 g/mol. The Morgan fingerprint density at radius 2 is 1.53 bits per heavy atom. The van der Waals surface area contributed by atoms with Gasteiger partial charge in [-0.25, -0.2) is 13.6 Å². The third-order valence-electron chi connectivity index (χ3n) is 9.69. The van der Waals surface area contributed by atoms with E-state index in [4.69, 9.17) is 4.98 Å². The molecule has 2 aliphatic heterocycles. The number of hydrogen-bond acceptors (Lipinski definition) is 6. The van der Waals surface area contributed by atoms with Crippen molar-refractivity contribution < 1.29 is 4.21 Å². The Labute approximate surface area is 256 Å². The molecule has 0 bridgehead atoms. The molecule has 7 rings (SSSR count). The van der Waals surface area contributed by atoms with Gasteiger partial charge in [0.25, 0.3) is 0 Å². The molecule has 7 nitrogen and oxygen atoms in total. The van der Waals surface area contributed by atoms with E-state index in [0.717, 1.165) is 77.7 Å². The Bertz CT molecular complexity index is 1730. The van der Waals surface area contributed by atoms with Gasteiger partial charge in [0, 0.05) is 78.0 Å². The smallest absolute Gasteiger partial charge is 0.137 e. The van der Waals surface area contributed by atoms with Crippen LogP contribution in [-0.2, 0) is 9.73 Å². The zero-order valence-electron chi connectivity index (χ0n) is 26.0. The summed E-state index contributed by atoms with van der Waals surface area (Å²) >= 11 is 0. The second-order valence-electron chi connectivity index (χ2n) is 13.0. The zero-order chi connectivity index (χ0) is 29.7. The quantitative estimate of drug-likeness (QED) is 0.281. The molecular formula is C35H44N6OS. The third kappa shape index (κ3) is 5.85. The first-order chi connectivity index (χ1) is 20.7. The highest BCUT2D eigenvalue weighted by molar-refractivity contribution is 7.93. The highest BCUT2D eigenvalue weighted by Crippen LogP contribution is 2.36. The molecule has 2 aromatic carbocycles. The first-order valence-corrected chi connectivity index (χ1v) is 17.8. The first-order valence-electron chi connectivity index (χ1n) is 15.8. The number of benzene rings is 2. The van der Waals surface area contributed by atoms with Crippen LogP contribution in [0.15, 0.2) is 64.1 Å². The Kier molecular flexibility index (Phi) is 7.56. The SMILES string of the molecule is Cc1cc(-c2cnc3[nH]cc(-c4ccc(S(C)(=O)=NC5CC5)cc4)c3c2)cc(C)c1N1CCN(C2CCN(C)CC2)CC1. The number of aromatic nitrogens is 2. The molecule has 3 fully saturated rings. The van der Waals surface area contributed by atoms with E-state index in [9.17, 15) is 4.21 Å². The van der Waals surface area contributed by atoms with E-state index in [0.29, 0.717) is 0 Å². The molecule has 226 valence electrons. The van der Waals surface area contributed by atoms with Gasteiger partial charge in [0.1, 0.15) is 5.65 Å². The van der Waals surface area contributed by atoms with Crippen LogP contribution in [0.25, 0.3) is 33.3 Å². The Morgan fingerprint density at radius 1 is 0.860 bits per heavy atom. The predicted octanol–water partition coefficient (Wildman–Crippen LogP) is 6.35. The Morgan fingerprint density at radius 3 is 2.19 bits per heavy atom. The van der Waals surface area contributed by atoms with Gasteiger partial charge in [-0.3, -0.25) is 4.90 Å². The maximum Gasteiger partial charge on any atom is 0.137 e. The minimum Gasteiger partial charge on any atom is -0.369 e. The number of likely N-dealkylation sites (tertiary alicyclic amines) is 1. The van der Waals surface area contributed by atoms with E-state index in [1.165, 1.54) is 48.3 Å². The van der Waals surface area contributed by atoms with Crippen LogP contribution in [0.4, 0.5) is 5.69 Å². The highest BCUT2D eigenvalue weighted by Gasteiger charge is 2.28. The summed E-state index contributed by atoms with van der Waals surface area (Å²) in [6.07, 6.45) is 10.5. The average molecular weight is 597 g/mol. The molecule has 43 heavy (non-hydrogen) atoms. The molecule has 0 amide bonds. The first kappa shape index (κ1) is 28.6. The number of rotatable bonds is 6. The molecule has 0 radical (unpaired) electrons. The van der Waals surface area contributed by atoms with Crippen molar-refractivity contribution in [2.24, 2.45) is 4.36 Å². The molecule has 3 aliphatic rings. The summed E-state index contributed by atoms with van der Waals surface area (Å²) in [6, 6.07) is 16.0. The fraction of sp³-hybridized carbons (Fsp3) is 0.457. The van der Waals surface area contributed by atoms with E-state index < -0.39 is 9.73 Å². The van der Waals surface area contributed by atoms with Crippen LogP contribution in [-0.4, -0.2) is 88.6 Å². The lowest BCUT2D eigenvalue weighted by molar-refractivity contribution is 0.115. The summed E-state index contributed by atoms with van der Waals surface area (Å²) < 4.78 is 17.7. The van der Waals surface area contributed by atoms with Gasteiger partial charge in [0.15, 0.2) is 0 Å². The zero-order valence-corrected chi connectivity index (χ0v) is 26.8. The largest absolute Gasteiger partial charge is 0.369 e. The highest BCUT2D eigenvalue weighted by atomic mass is 32.2. The van der Waals surface area contributed by atoms with Gasteiger partial charge in [0.2, 0.25) is 0 Å². The van der Waals surface area contributed by atoms with Gasteiger partial charge in [-0.1, -0.05) is 12.1 Å². The minimum absolute atomic E-state index is 0.274. The molecule has 1 N–H and O–H groups in total. The van der Waals surface area contributed by atoms with Gasteiger partial charge in [-0.05, 0) is 112 Å². The number of hydrogen-bond donors (Lipinski definition) is 1. The van der Waals surface area contributed by atoms with Crippen LogP contribution in [0.2, 0.25) is 0 Å². The standard InChI is InChI=1S/C35H44N6OS/c1-24-19-27(20-25(2)34(24)41-17-15-40(16-18-41)30-11-13-39(3)14-12-30)28-21-32-33(23-37-35(32)36-22-28)26-5-9-31(10-6-26)43(4,42)38-29-7-8-29/h5-6,9-10,19-23,29-30H,7-8,11-18H2,1-4H3,(H,36,37). The van der Waals surface area contributed by atoms with Crippen LogP contribution < -0.4 is 4.90 Å². The van der Waals surface area contributed by atoms with Crippen molar-refractivity contribution >= 4 is 26.4 Å². The molecule has 4 aromatic rings. The number of aromatic amines is 1. The summed E-state index contributed by atoms with van der Waals surface area (Å²) in [5, 5.41) is 1.09. The van der Waals surface area contributed by atoms with Gasteiger partial charge in [-0.2, -0.15) is 0 Å². The van der Waals surface area contributed by atoms with Crippen molar-refractivity contribution in [3.8, 4) is 22.3 Å². The lowest BCUT2D eigenvalue weighted by Gasteiger charge is -2.43. The van der Waals surface area contributed by atoms with Crippen molar-refractivity contribution in [2.45, 2.75) is 56.5 Å². The second-order valence-corrected chi connectivity index (χ2v) is 15.3. The minimum atomic E-state index is -2.35. The number of nitrogens with one attached hydrogen (secondary N) is 1. The molecule has 8 heteroatoms.